The minimum Gasteiger partial charge on any atom is -0.354 e. The Labute approximate surface area is 666 Å². The van der Waals surface area contributed by atoms with Gasteiger partial charge in [-0.2, -0.15) is 26.3 Å². The van der Waals surface area contributed by atoms with Gasteiger partial charge in [0.15, 0.2) is 0 Å². The first-order chi connectivity index (χ1) is 53.4. The van der Waals surface area contributed by atoms with E-state index in [4.69, 9.17) is 94.5 Å². The lowest BCUT2D eigenvalue weighted by atomic mass is 10.1. The van der Waals surface area contributed by atoms with Crippen LogP contribution in [0.4, 0.5) is 60.5 Å². The molecule has 3 aliphatic heterocycles. The molecule has 564 valence electrons. The Bertz CT molecular complexity index is 5970. The molecule has 3 heterocycles. The van der Waals surface area contributed by atoms with Gasteiger partial charge >= 0.3 is 12.4 Å². The summed E-state index contributed by atoms with van der Waals surface area (Å²) in [4.78, 5) is 31.6. The highest BCUT2D eigenvalue weighted by atomic mass is 35.5. The summed E-state index contributed by atoms with van der Waals surface area (Å²) in [5.74, 6) is 0. The Morgan fingerprint density at radius 2 is 0.766 bits per heavy atom. The van der Waals surface area contributed by atoms with Crippen molar-refractivity contribution in [2.45, 2.75) is 59.4 Å². The summed E-state index contributed by atoms with van der Waals surface area (Å²) in [6, 6.07) is 71.4. The van der Waals surface area contributed by atoms with Crippen LogP contribution in [-0.2, 0) is 12.4 Å². The molecule has 3 N–H and O–H groups in total. The summed E-state index contributed by atoms with van der Waals surface area (Å²) >= 11 is 37.4. The van der Waals surface area contributed by atoms with E-state index >= 15 is 0 Å². The van der Waals surface area contributed by atoms with E-state index in [1.54, 1.807) is 30.3 Å². The van der Waals surface area contributed by atoms with Crippen molar-refractivity contribution in [1.29, 1.82) is 0 Å². The van der Waals surface area contributed by atoms with Crippen molar-refractivity contribution in [1.82, 2.24) is 33.6 Å². The number of aromatic nitrogens is 6. The highest BCUT2D eigenvalue weighted by Crippen LogP contribution is 2.39. The maximum Gasteiger partial charge on any atom is 0.416 e. The van der Waals surface area contributed by atoms with Crippen LogP contribution in [0, 0.1) is 0 Å². The van der Waals surface area contributed by atoms with E-state index < -0.39 is 23.5 Å². The summed E-state index contributed by atoms with van der Waals surface area (Å²) < 4.78 is 84.6. The van der Waals surface area contributed by atoms with Crippen molar-refractivity contribution in [3.8, 4) is 51.2 Å². The van der Waals surface area contributed by atoms with Gasteiger partial charge in [0.1, 0.15) is 0 Å². The van der Waals surface area contributed by atoms with E-state index in [2.05, 4.69) is 86.9 Å². The van der Waals surface area contributed by atoms with Crippen LogP contribution in [0.1, 0.15) is 52.2 Å². The van der Waals surface area contributed by atoms with E-state index in [0.717, 1.165) is 140 Å². The molecule has 0 saturated heterocycles. The number of nitrogens with one attached hydrogen (secondary N) is 3. The Balaban J connectivity index is 0.000000147. The Hall–Kier alpha value is -10.5. The SMILES string of the molecule is CC(C)N=c1cc2n(-c3ccc(Cl)cc3)c3ccccc3nc-2cc1Nc1ccc(Cl)cc1.CCN(CC)CCCN=c1cc2n(-c3ccc(Cl)c(Cl)c3)c3ccccc3nc-2cc1Nc1ccc(Cl)c(Cl)c1.CCN=c1cc2n(-c3ccc(C(F)(F)F)cc3)c3ccccc3nc-2cc1Nc1ccc(C(F)(F)F)cc1. The van der Waals surface area contributed by atoms with Crippen LogP contribution in [0.3, 0.4) is 0 Å². The van der Waals surface area contributed by atoms with Crippen molar-refractivity contribution >= 4 is 137 Å². The fourth-order valence-corrected chi connectivity index (χ4v) is 13.7. The Morgan fingerprint density at radius 1 is 0.396 bits per heavy atom. The topological polar surface area (TPSA) is 130 Å². The summed E-state index contributed by atoms with van der Waals surface area (Å²) in [5.41, 5.74) is 15.0. The molecule has 13 nitrogen and oxygen atoms in total. The van der Waals surface area contributed by atoms with Crippen molar-refractivity contribution in [2.24, 2.45) is 15.0 Å². The van der Waals surface area contributed by atoms with E-state index in [-0.39, 0.29) is 6.04 Å². The normalized spacial score (nSPS) is 12.4. The quantitative estimate of drug-likeness (QED) is 0.0470. The molecule has 0 radical (unpaired) electrons. The number of hydrogen-bond acceptors (Lipinski definition) is 10. The average molecular weight is 1610 g/mol. The molecule has 0 saturated carbocycles. The zero-order chi connectivity index (χ0) is 78.3. The van der Waals surface area contributed by atoms with Crippen LogP contribution < -0.4 is 32.0 Å². The van der Waals surface area contributed by atoms with Gasteiger partial charge in [-0.3, -0.25) is 15.0 Å². The molecular formula is C86H71Cl6F6N13. The lowest BCUT2D eigenvalue weighted by Gasteiger charge is -2.21. The van der Waals surface area contributed by atoms with Crippen LogP contribution in [0.15, 0.2) is 258 Å². The molecule has 9 aromatic rings. The molecule has 0 unspecified atom stereocenters. The molecule has 25 heteroatoms. The lowest BCUT2D eigenvalue weighted by Crippen LogP contribution is -2.24. The molecule has 0 atom stereocenters. The second kappa shape index (κ2) is 34.4. The van der Waals surface area contributed by atoms with Crippen molar-refractivity contribution in [3.63, 3.8) is 0 Å². The van der Waals surface area contributed by atoms with E-state index in [1.807, 2.05) is 151 Å². The fraction of sp³-hybridized carbons (Fsp3) is 0.163. The minimum atomic E-state index is -4.46. The maximum atomic E-state index is 13.2. The smallest absolute Gasteiger partial charge is 0.354 e. The van der Waals surface area contributed by atoms with E-state index in [9.17, 15) is 26.3 Å². The molecule has 0 spiro atoms. The van der Waals surface area contributed by atoms with Crippen molar-refractivity contribution < 1.29 is 26.3 Å². The number of rotatable bonds is 17. The molecular weight excluding hydrogens is 1540 g/mol. The molecule has 0 bridgehead atoms. The number of para-hydroxylation sites is 6. The number of alkyl halides is 6. The number of nitrogens with zero attached hydrogens (tertiary/aromatic N) is 10. The standard InChI is InChI=1S/C31H29Cl4N5.C28H20F6N4.C27H22Cl2N4/c1-3-39(4-2)15-7-14-36-27-19-31-29(18-28(27)37-20-10-12-22(32)24(34)16-20)38-26-8-5-6-9-30(26)40(31)21-11-13-23(33)25(35)17-21;1-2-35-22-16-26-24(15-23(22)36-19-11-7-17(8-12-19)27(29,30)31)37-21-5-3-4-6-25(21)38(26)20-13-9-18(10-14-20)28(32,33)34;1-17(2)30-24-16-27-25(15-23(24)31-20-11-7-18(28)8-12-20)32-22-5-3-4-6-26(22)33(27)21-13-9-19(29)10-14-21/h5-6,8-13,16-19,37H,3-4,7,14-15H2,1-2H3;3-16,36H,2H2,1H3;3-17,31H,1-2H3. The second-order valence-corrected chi connectivity index (χ2v) is 28.5. The first-order valence-corrected chi connectivity index (χ1v) is 37.9. The molecule has 111 heavy (non-hydrogen) atoms. The summed E-state index contributed by atoms with van der Waals surface area (Å²) in [6.07, 6.45) is -7.95. The molecule has 15 rings (SSSR count). The molecule has 3 aliphatic carbocycles. The van der Waals surface area contributed by atoms with Gasteiger partial charge in [-0.15, -0.1) is 0 Å². The van der Waals surface area contributed by atoms with Crippen LogP contribution >= 0.6 is 69.6 Å². The summed E-state index contributed by atoms with van der Waals surface area (Å²) in [7, 11) is 0. The van der Waals surface area contributed by atoms with E-state index in [0.29, 0.717) is 88.1 Å². The molecule has 9 aromatic carbocycles. The number of anilines is 6. The van der Waals surface area contributed by atoms with Crippen molar-refractivity contribution in [2.75, 3.05) is 48.7 Å². The van der Waals surface area contributed by atoms with E-state index in [1.165, 1.54) is 24.3 Å². The zero-order valence-corrected chi connectivity index (χ0v) is 65.0. The Morgan fingerprint density at radius 3 is 1.21 bits per heavy atom. The van der Waals surface area contributed by atoms with Gasteiger partial charge in [-0.25, -0.2) is 15.0 Å². The third-order valence-corrected chi connectivity index (χ3v) is 20.1. The minimum absolute atomic E-state index is 0.130. The summed E-state index contributed by atoms with van der Waals surface area (Å²) in [6.45, 7) is 14.5. The molecule has 6 aliphatic rings. The largest absolute Gasteiger partial charge is 0.416 e. The maximum absolute atomic E-state index is 13.2. The third-order valence-electron chi connectivity index (χ3n) is 18.1. The lowest BCUT2D eigenvalue weighted by molar-refractivity contribution is -0.138. The third kappa shape index (κ3) is 18.4. The first-order valence-electron chi connectivity index (χ1n) is 35.6. The first kappa shape index (κ1) is 78.6. The number of benzene rings is 12. The van der Waals surface area contributed by atoms with Gasteiger partial charge in [0.25, 0.3) is 0 Å². The monoisotopic (exact) mass is 1610 g/mol. The number of hydrogen-bond donors (Lipinski definition) is 3. The van der Waals surface area contributed by atoms with Crippen LogP contribution in [0.25, 0.3) is 84.3 Å². The number of halogens is 12. The number of fused-ring (bicyclic) bond motifs is 6. The molecule has 0 amide bonds. The van der Waals surface area contributed by atoms with Crippen LogP contribution in [-0.4, -0.2) is 72.3 Å². The van der Waals surface area contributed by atoms with Crippen molar-refractivity contribution in [3.05, 3.63) is 300 Å². The van der Waals surface area contributed by atoms with Gasteiger partial charge in [0.05, 0.1) is 132 Å². The van der Waals surface area contributed by atoms with Crippen LogP contribution in [0.5, 0.6) is 0 Å². The summed E-state index contributed by atoms with van der Waals surface area (Å²) in [5, 5.41) is 15.7. The van der Waals surface area contributed by atoms with Gasteiger partial charge < -0.3 is 34.6 Å². The van der Waals surface area contributed by atoms with Crippen LogP contribution in [0.2, 0.25) is 30.1 Å². The zero-order valence-electron chi connectivity index (χ0n) is 60.4. The molecule has 0 aromatic heterocycles. The fourth-order valence-electron chi connectivity index (χ4n) is 12.8. The predicted molar refractivity (Wildman–Crippen MR) is 442 cm³/mol. The highest BCUT2D eigenvalue weighted by Gasteiger charge is 2.32. The van der Waals surface area contributed by atoms with Gasteiger partial charge in [-0.1, -0.05) is 120 Å². The predicted octanol–water partition coefficient (Wildman–Crippen LogP) is 24.4. The van der Waals surface area contributed by atoms with Gasteiger partial charge in [0, 0.05) is 63.3 Å². The molecule has 0 fully saturated rings. The average Bonchev–Trinajstić information content (AvgIpc) is 0.760. The Kier molecular flexibility index (Phi) is 24.4. The highest BCUT2D eigenvalue weighted by molar-refractivity contribution is 6.42. The van der Waals surface area contributed by atoms with Gasteiger partial charge in [0.2, 0.25) is 0 Å². The van der Waals surface area contributed by atoms with Gasteiger partial charge in [-0.05, 0) is 253 Å². The second-order valence-electron chi connectivity index (χ2n) is 26.0.